The first-order valence-corrected chi connectivity index (χ1v) is 9.42. The van der Waals surface area contributed by atoms with Crippen LogP contribution in [0.4, 0.5) is 5.82 Å². The van der Waals surface area contributed by atoms with Crippen LogP contribution in [0.25, 0.3) is 0 Å². The molecule has 10 nitrogen and oxygen atoms in total. The van der Waals surface area contributed by atoms with Crippen molar-refractivity contribution in [1.82, 2.24) is 9.55 Å². The Morgan fingerprint density at radius 1 is 1.25 bits per heavy atom. The molecule has 0 saturated carbocycles. The largest absolute Gasteiger partial charge is 0.481 e. The van der Waals surface area contributed by atoms with E-state index in [0.717, 1.165) is 19.3 Å². The molecule has 0 radical (unpaired) electrons. The van der Waals surface area contributed by atoms with E-state index >= 15 is 0 Å². The number of esters is 1. The van der Waals surface area contributed by atoms with Crippen molar-refractivity contribution in [3.05, 3.63) is 22.7 Å². The second-order valence-electron chi connectivity index (χ2n) is 6.82. The number of carboxylic acid groups (broad SMARTS) is 1. The standard InChI is InChI=1S/C18H27N3O7/c19-14-8-9-21(18(26)20-14)15-10-12(22)13(28-15)11-27-17(25)7-5-3-1-2-4-6-16(23)24/h8-9,12-13,15,22H,1-7,10-11H2,(H,23,24)(H2,19,20,26)/t12-,13+,15+/m0/s1. The molecule has 156 valence electrons. The van der Waals surface area contributed by atoms with Crippen molar-refractivity contribution in [1.29, 1.82) is 0 Å². The number of hydrogen-bond acceptors (Lipinski definition) is 8. The lowest BCUT2D eigenvalue weighted by Crippen LogP contribution is -2.29. The van der Waals surface area contributed by atoms with Gasteiger partial charge in [-0.3, -0.25) is 14.2 Å². The summed E-state index contributed by atoms with van der Waals surface area (Å²) in [6.07, 6.45) is 3.62. The Morgan fingerprint density at radius 3 is 2.61 bits per heavy atom. The highest BCUT2D eigenvalue weighted by atomic mass is 16.6. The van der Waals surface area contributed by atoms with Crippen LogP contribution in [0.2, 0.25) is 0 Å². The molecule has 1 aromatic rings. The van der Waals surface area contributed by atoms with Crippen LogP contribution in [0.5, 0.6) is 0 Å². The fourth-order valence-corrected chi connectivity index (χ4v) is 3.00. The van der Waals surface area contributed by atoms with Gasteiger partial charge in [0.05, 0.1) is 6.10 Å². The topological polar surface area (TPSA) is 154 Å². The number of nitrogens with zero attached hydrogens (tertiary/aromatic N) is 2. The summed E-state index contributed by atoms with van der Waals surface area (Å²) in [5, 5.41) is 18.6. The lowest BCUT2D eigenvalue weighted by atomic mass is 10.1. The summed E-state index contributed by atoms with van der Waals surface area (Å²) in [6.45, 7) is -0.0910. The minimum absolute atomic E-state index is 0.0910. The maximum Gasteiger partial charge on any atom is 0.351 e. The number of nitrogens with two attached hydrogens (primary N) is 1. The van der Waals surface area contributed by atoms with E-state index < -0.39 is 30.1 Å². The maximum absolute atomic E-state index is 11.8. The highest BCUT2D eigenvalue weighted by Gasteiger charge is 2.36. The number of carboxylic acids is 1. The highest BCUT2D eigenvalue weighted by molar-refractivity contribution is 5.69. The molecule has 2 heterocycles. The molecule has 0 bridgehead atoms. The Bertz CT molecular complexity index is 721. The van der Waals surface area contributed by atoms with Crippen LogP contribution in [0.15, 0.2) is 17.1 Å². The number of anilines is 1. The Hall–Kier alpha value is -2.46. The van der Waals surface area contributed by atoms with E-state index in [1.165, 1.54) is 16.8 Å². The molecule has 1 aliphatic heterocycles. The van der Waals surface area contributed by atoms with Gasteiger partial charge in [-0.15, -0.1) is 0 Å². The second kappa shape index (κ2) is 10.8. The molecular weight excluding hydrogens is 370 g/mol. The molecular formula is C18H27N3O7. The van der Waals surface area contributed by atoms with E-state index in [0.29, 0.717) is 12.8 Å². The van der Waals surface area contributed by atoms with Gasteiger partial charge >= 0.3 is 17.6 Å². The van der Waals surface area contributed by atoms with Crippen molar-refractivity contribution in [3.63, 3.8) is 0 Å². The zero-order chi connectivity index (χ0) is 20.5. The van der Waals surface area contributed by atoms with Crippen molar-refractivity contribution in [2.45, 2.75) is 69.8 Å². The molecule has 0 amide bonds. The van der Waals surface area contributed by atoms with Gasteiger partial charge in [-0.25, -0.2) is 4.79 Å². The first-order chi connectivity index (χ1) is 13.4. The fourth-order valence-electron chi connectivity index (χ4n) is 3.00. The van der Waals surface area contributed by atoms with Crippen molar-refractivity contribution in [2.24, 2.45) is 0 Å². The zero-order valence-electron chi connectivity index (χ0n) is 15.7. The van der Waals surface area contributed by atoms with Gasteiger partial charge in [0.15, 0.2) is 0 Å². The molecule has 1 aliphatic rings. The van der Waals surface area contributed by atoms with Gasteiger partial charge in [0.2, 0.25) is 0 Å². The SMILES string of the molecule is Nc1ccn([C@H]2C[C@H](O)[C@@H](COC(=O)CCCCCCCC(=O)O)O2)c(=O)n1. The van der Waals surface area contributed by atoms with Crippen molar-refractivity contribution >= 4 is 17.8 Å². The summed E-state index contributed by atoms with van der Waals surface area (Å²) < 4.78 is 12.0. The van der Waals surface area contributed by atoms with E-state index in [9.17, 15) is 19.5 Å². The smallest absolute Gasteiger partial charge is 0.351 e. The number of carbonyl (C=O) groups excluding carboxylic acids is 1. The van der Waals surface area contributed by atoms with Crippen LogP contribution < -0.4 is 11.4 Å². The monoisotopic (exact) mass is 397 g/mol. The number of aliphatic hydroxyl groups is 1. The number of rotatable bonds is 11. The summed E-state index contributed by atoms with van der Waals surface area (Å²) >= 11 is 0. The fraction of sp³-hybridized carbons (Fsp3) is 0.667. The van der Waals surface area contributed by atoms with Crippen molar-refractivity contribution < 1.29 is 29.3 Å². The number of nitrogen functional groups attached to an aromatic ring is 1. The molecule has 0 unspecified atom stereocenters. The van der Waals surface area contributed by atoms with E-state index in [1.807, 2.05) is 0 Å². The average Bonchev–Trinajstić information content (AvgIpc) is 2.99. The van der Waals surface area contributed by atoms with E-state index in [1.54, 1.807) is 0 Å². The predicted molar refractivity (Wildman–Crippen MR) is 98.4 cm³/mol. The molecule has 0 aromatic carbocycles. The Labute approximate surface area is 162 Å². The van der Waals surface area contributed by atoms with Crippen LogP contribution in [0.1, 0.15) is 57.6 Å². The van der Waals surface area contributed by atoms with Crippen molar-refractivity contribution in [2.75, 3.05) is 12.3 Å². The van der Waals surface area contributed by atoms with Crippen molar-refractivity contribution in [3.8, 4) is 0 Å². The maximum atomic E-state index is 11.8. The first-order valence-electron chi connectivity index (χ1n) is 9.42. The minimum atomic E-state index is -0.864. The van der Waals surface area contributed by atoms with Gasteiger partial charge in [-0.2, -0.15) is 4.98 Å². The summed E-state index contributed by atoms with van der Waals surface area (Å²) in [6, 6.07) is 1.46. The lowest BCUT2D eigenvalue weighted by Gasteiger charge is -2.16. The van der Waals surface area contributed by atoms with Gasteiger partial charge in [-0.05, 0) is 18.9 Å². The molecule has 3 atom stereocenters. The normalized spacial score (nSPS) is 21.5. The first kappa shape index (κ1) is 21.8. The number of carbonyl (C=O) groups is 2. The molecule has 0 aliphatic carbocycles. The number of hydrogen-bond donors (Lipinski definition) is 3. The quantitative estimate of drug-likeness (QED) is 0.364. The van der Waals surface area contributed by atoms with Gasteiger partial charge in [-0.1, -0.05) is 19.3 Å². The summed E-state index contributed by atoms with van der Waals surface area (Å²) in [5.74, 6) is -1.07. The van der Waals surface area contributed by atoms with E-state index in [4.69, 9.17) is 20.3 Å². The Morgan fingerprint density at radius 2 is 1.93 bits per heavy atom. The molecule has 1 aromatic heterocycles. The number of aromatic nitrogens is 2. The average molecular weight is 397 g/mol. The van der Waals surface area contributed by atoms with Crippen LogP contribution >= 0.6 is 0 Å². The third-order valence-electron chi connectivity index (χ3n) is 4.55. The van der Waals surface area contributed by atoms with Crippen LogP contribution in [-0.2, 0) is 19.1 Å². The zero-order valence-corrected chi connectivity index (χ0v) is 15.7. The molecule has 0 spiro atoms. The summed E-state index contributed by atoms with van der Waals surface area (Å²) in [5.41, 5.74) is 4.88. The minimum Gasteiger partial charge on any atom is -0.481 e. The summed E-state index contributed by atoms with van der Waals surface area (Å²) in [4.78, 5) is 37.7. The van der Waals surface area contributed by atoms with Gasteiger partial charge in [0.1, 0.15) is 24.8 Å². The number of aliphatic carboxylic acids is 1. The van der Waals surface area contributed by atoms with Gasteiger partial charge in [0, 0.05) is 25.5 Å². The highest BCUT2D eigenvalue weighted by Crippen LogP contribution is 2.28. The summed E-state index contributed by atoms with van der Waals surface area (Å²) in [7, 11) is 0. The third kappa shape index (κ3) is 6.93. The third-order valence-corrected chi connectivity index (χ3v) is 4.55. The van der Waals surface area contributed by atoms with E-state index in [-0.39, 0.29) is 37.7 Å². The van der Waals surface area contributed by atoms with Crippen LogP contribution in [-0.4, -0.2) is 50.5 Å². The van der Waals surface area contributed by atoms with Gasteiger partial charge in [0.25, 0.3) is 0 Å². The molecule has 1 saturated heterocycles. The predicted octanol–water partition coefficient (Wildman–Crippen LogP) is 0.832. The number of unbranched alkanes of at least 4 members (excludes halogenated alkanes) is 4. The van der Waals surface area contributed by atoms with Gasteiger partial charge < -0.3 is 25.4 Å². The second-order valence-corrected chi connectivity index (χ2v) is 6.82. The Balaban J connectivity index is 1.65. The number of aliphatic hydroxyl groups excluding tert-OH is 1. The molecule has 1 fully saturated rings. The van der Waals surface area contributed by atoms with Crippen LogP contribution in [0, 0.1) is 0 Å². The lowest BCUT2D eigenvalue weighted by molar-refractivity contribution is -0.150. The molecule has 28 heavy (non-hydrogen) atoms. The van der Waals surface area contributed by atoms with Crippen LogP contribution in [0.3, 0.4) is 0 Å². The van der Waals surface area contributed by atoms with E-state index in [2.05, 4.69) is 4.98 Å². The Kier molecular flexibility index (Phi) is 8.40. The molecule has 10 heteroatoms. The molecule has 4 N–H and O–H groups in total. The number of ether oxygens (including phenoxy) is 2. The molecule has 2 rings (SSSR count).